The summed E-state index contributed by atoms with van der Waals surface area (Å²) >= 11 is 0. The van der Waals surface area contributed by atoms with Crippen molar-refractivity contribution in [3.05, 3.63) is 24.0 Å². The lowest BCUT2D eigenvalue weighted by atomic mass is 10.0. The number of nitrogens with zero attached hydrogens (tertiary/aromatic N) is 1. The zero-order valence-electron chi connectivity index (χ0n) is 11.2. The fourth-order valence-electron chi connectivity index (χ4n) is 2.56. The number of pyridine rings is 1. The quantitative estimate of drug-likeness (QED) is 0.855. The summed E-state index contributed by atoms with van der Waals surface area (Å²) in [4.78, 5) is 4.23. The Kier molecular flexibility index (Phi) is 4.54. The first-order valence-electron chi connectivity index (χ1n) is 6.70. The van der Waals surface area contributed by atoms with E-state index in [-0.39, 0.29) is 10.9 Å². The SMILES string of the molecule is CC(NS(=O)(=O)c1ccc(CN)nc1)C1CCCC1. The number of sulfonamides is 1. The molecule has 1 fully saturated rings. The van der Waals surface area contributed by atoms with E-state index in [4.69, 9.17) is 5.73 Å². The highest BCUT2D eigenvalue weighted by atomic mass is 32.2. The van der Waals surface area contributed by atoms with Gasteiger partial charge in [0.25, 0.3) is 0 Å². The van der Waals surface area contributed by atoms with Crippen molar-refractivity contribution >= 4 is 10.0 Å². The normalized spacial score (nSPS) is 18.6. The molecular weight excluding hydrogens is 262 g/mol. The molecule has 2 rings (SSSR count). The summed E-state index contributed by atoms with van der Waals surface area (Å²) in [6.45, 7) is 2.25. The number of hydrogen-bond acceptors (Lipinski definition) is 4. The molecule has 0 amide bonds. The van der Waals surface area contributed by atoms with Crippen LogP contribution >= 0.6 is 0 Å². The van der Waals surface area contributed by atoms with Crippen LogP contribution in [0.15, 0.2) is 23.2 Å². The van der Waals surface area contributed by atoms with Crippen LogP contribution in [0.3, 0.4) is 0 Å². The Morgan fingerprint density at radius 1 is 1.42 bits per heavy atom. The third-order valence-electron chi connectivity index (χ3n) is 3.77. The van der Waals surface area contributed by atoms with Gasteiger partial charge in [0, 0.05) is 18.8 Å². The lowest BCUT2D eigenvalue weighted by molar-refractivity contribution is 0.424. The van der Waals surface area contributed by atoms with E-state index in [0.717, 1.165) is 12.8 Å². The van der Waals surface area contributed by atoms with E-state index in [0.29, 0.717) is 18.2 Å². The molecule has 1 aromatic rings. The molecule has 3 N–H and O–H groups in total. The smallest absolute Gasteiger partial charge is 0.242 e. The molecular formula is C13H21N3O2S. The monoisotopic (exact) mass is 283 g/mol. The van der Waals surface area contributed by atoms with Gasteiger partial charge in [0.1, 0.15) is 4.90 Å². The van der Waals surface area contributed by atoms with Crippen molar-refractivity contribution in [2.45, 2.75) is 50.1 Å². The molecule has 1 heterocycles. The Labute approximate surface area is 114 Å². The van der Waals surface area contributed by atoms with Crippen LogP contribution in [0.25, 0.3) is 0 Å². The maximum Gasteiger partial charge on any atom is 0.242 e. The van der Waals surface area contributed by atoms with Gasteiger partial charge in [-0.25, -0.2) is 13.1 Å². The van der Waals surface area contributed by atoms with E-state index >= 15 is 0 Å². The first-order valence-corrected chi connectivity index (χ1v) is 8.18. The average molecular weight is 283 g/mol. The number of nitrogens with one attached hydrogen (secondary N) is 1. The highest BCUT2D eigenvalue weighted by Gasteiger charge is 2.26. The minimum atomic E-state index is -3.48. The zero-order chi connectivity index (χ0) is 13.9. The molecule has 1 saturated carbocycles. The molecule has 5 nitrogen and oxygen atoms in total. The summed E-state index contributed by atoms with van der Waals surface area (Å²) in [7, 11) is -3.48. The zero-order valence-corrected chi connectivity index (χ0v) is 12.0. The van der Waals surface area contributed by atoms with Crippen molar-refractivity contribution in [3.63, 3.8) is 0 Å². The highest BCUT2D eigenvalue weighted by Crippen LogP contribution is 2.28. The van der Waals surface area contributed by atoms with Crippen LogP contribution in [0.1, 0.15) is 38.3 Å². The van der Waals surface area contributed by atoms with Gasteiger partial charge >= 0.3 is 0 Å². The summed E-state index contributed by atoms with van der Waals surface area (Å²) in [5.41, 5.74) is 6.13. The Hall–Kier alpha value is -0.980. The van der Waals surface area contributed by atoms with Gasteiger partial charge < -0.3 is 5.73 Å². The van der Waals surface area contributed by atoms with E-state index in [2.05, 4.69) is 9.71 Å². The molecule has 0 bridgehead atoms. The lowest BCUT2D eigenvalue weighted by Gasteiger charge is -2.20. The van der Waals surface area contributed by atoms with Gasteiger partial charge in [0.15, 0.2) is 0 Å². The van der Waals surface area contributed by atoms with Crippen LogP contribution in [-0.4, -0.2) is 19.4 Å². The number of nitrogens with two attached hydrogens (primary N) is 1. The Bertz CT molecular complexity index is 507. The maximum atomic E-state index is 12.2. The Morgan fingerprint density at radius 3 is 2.63 bits per heavy atom. The fourth-order valence-corrected chi connectivity index (χ4v) is 3.81. The second-order valence-corrected chi connectivity index (χ2v) is 6.86. The second-order valence-electron chi connectivity index (χ2n) is 5.14. The summed E-state index contributed by atoms with van der Waals surface area (Å²) < 4.78 is 27.2. The molecule has 0 saturated heterocycles. The van der Waals surface area contributed by atoms with Crippen LogP contribution in [0.2, 0.25) is 0 Å². The van der Waals surface area contributed by atoms with Crippen molar-refractivity contribution < 1.29 is 8.42 Å². The van der Waals surface area contributed by atoms with Crippen molar-refractivity contribution in [2.24, 2.45) is 11.7 Å². The minimum absolute atomic E-state index is 0.0262. The van der Waals surface area contributed by atoms with Gasteiger partial charge in [-0.2, -0.15) is 0 Å². The molecule has 1 aromatic heterocycles. The number of aromatic nitrogens is 1. The largest absolute Gasteiger partial charge is 0.325 e. The fraction of sp³-hybridized carbons (Fsp3) is 0.615. The first kappa shape index (κ1) is 14.4. The highest BCUT2D eigenvalue weighted by molar-refractivity contribution is 7.89. The Balaban J connectivity index is 2.08. The summed E-state index contributed by atoms with van der Waals surface area (Å²) in [5, 5.41) is 0. The molecule has 19 heavy (non-hydrogen) atoms. The average Bonchev–Trinajstić information content (AvgIpc) is 2.92. The molecule has 1 aliphatic rings. The number of rotatable bonds is 5. The van der Waals surface area contributed by atoms with Crippen LogP contribution in [-0.2, 0) is 16.6 Å². The molecule has 0 aromatic carbocycles. The molecule has 106 valence electrons. The van der Waals surface area contributed by atoms with Crippen LogP contribution < -0.4 is 10.5 Å². The van der Waals surface area contributed by atoms with Crippen molar-refractivity contribution in [1.82, 2.24) is 9.71 Å². The Morgan fingerprint density at radius 2 is 2.11 bits per heavy atom. The molecule has 0 spiro atoms. The third kappa shape index (κ3) is 3.52. The van der Waals surface area contributed by atoms with E-state index in [1.54, 1.807) is 12.1 Å². The summed E-state index contributed by atoms with van der Waals surface area (Å²) in [6, 6.07) is 3.18. The van der Waals surface area contributed by atoms with E-state index < -0.39 is 10.0 Å². The van der Waals surface area contributed by atoms with Crippen LogP contribution in [0, 0.1) is 5.92 Å². The lowest BCUT2D eigenvalue weighted by Crippen LogP contribution is -2.37. The summed E-state index contributed by atoms with van der Waals surface area (Å²) in [6.07, 6.45) is 5.97. The summed E-state index contributed by atoms with van der Waals surface area (Å²) in [5.74, 6) is 0.450. The first-order chi connectivity index (χ1) is 9.03. The molecule has 1 aliphatic carbocycles. The van der Waals surface area contributed by atoms with Crippen LogP contribution in [0.5, 0.6) is 0 Å². The van der Waals surface area contributed by atoms with Gasteiger partial charge in [0.05, 0.1) is 5.69 Å². The predicted octanol–water partition coefficient (Wildman–Crippen LogP) is 1.40. The predicted molar refractivity (Wildman–Crippen MR) is 73.9 cm³/mol. The second kappa shape index (κ2) is 5.98. The van der Waals surface area contributed by atoms with E-state index in [9.17, 15) is 8.42 Å². The van der Waals surface area contributed by atoms with Gasteiger partial charge in [-0.05, 0) is 37.8 Å². The third-order valence-corrected chi connectivity index (χ3v) is 5.31. The maximum absolute atomic E-state index is 12.2. The molecule has 6 heteroatoms. The standard InChI is InChI=1S/C13H21N3O2S/c1-10(11-4-2-3-5-11)16-19(17,18)13-7-6-12(8-14)15-9-13/h6-7,9-11,16H,2-5,8,14H2,1H3. The number of hydrogen-bond donors (Lipinski definition) is 2. The van der Waals surface area contributed by atoms with Gasteiger partial charge in [-0.3, -0.25) is 4.98 Å². The topological polar surface area (TPSA) is 85.1 Å². The van der Waals surface area contributed by atoms with Crippen molar-refractivity contribution in [2.75, 3.05) is 0 Å². The minimum Gasteiger partial charge on any atom is -0.325 e. The van der Waals surface area contributed by atoms with E-state index in [1.807, 2.05) is 6.92 Å². The van der Waals surface area contributed by atoms with E-state index in [1.165, 1.54) is 19.0 Å². The van der Waals surface area contributed by atoms with Crippen molar-refractivity contribution in [1.29, 1.82) is 0 Å². The van der Waals surface area contributed by atoms with Gasteiger partial charge in [-0.1, -0.05) is 12.8 Å². The molecule has 0 radical (unpaired) electrons. The molecule has 1 atom stereocenters. The van der Waals surface area contributed by atoms with Crippen molar-refractivity contribution in [3.8, 4) is 0 Å². The van der Waals surface area contributed by atoms with Gasteiger partial charge in [-0.15, -0.1) is 0 Å². The van der Waals surface area contributed by atoms with Gasteiger partial charge in [0.2, 0.25) is 10.0 Å². The van der Waals surface area contributed by atoms with Crippen LogP contribution in [0.4, 0.5) is 0 Å². The molecule has 1 unspecified atom stereocenters. The molecule has 0 aliphatic heterocycles.